The van der Waals surface area contributed by atoms with Gasteiger partial charge in [-0.15, -0.1) is 0 Å². The van der Waals surface area contributed by atoms with Crippen molar-refractivity contribution >= 4 is 34.8 Å². The van der Waals surface area contributed by atoms with E-state index in [4.69, 9.17) is 0 Å². The minimum absolute atomic E-state index is 0.190. The molecule has 15 heavy (non-hydrogen) atoms. The summed E-state index contributed by atoms with van der Waals surface area (Å²) in [5, 5.41) is 19.3. The van der Waals surface area contributed by atoms with Gasteiger partial charge in [0.1, 0.15) is 8.42 Å². The van der Waals surface area contributed by atoms with E-state index in [2.05, 4.69) is 8.75 Å². The molecular formula is C8H8N2O2S3. The number of nitrogens with zero attached hydrogens (tertiary/aromatic N) is 2. The summed E-state index contributed by atoms with van der Waals surface area (Å²) in [6.45, 7) is 3.49. The van der Waals surface area contributed by atoms with E-state index in [-0.39, 0.29) is 11.5 Å². The Labute approximate surface area is 98.9 Å². The van der Waals surface area contributed by atoms with Crippen LogP contribution in [0.3, 0.4) is 0 Å². The molecule has 0 amide bonds. The quantitative estimate of drug-likeness (QED) is 0.869. The minimum Gasteiger partial charge on any atom is -0.504 e. The van der Waals surface area contributed by atoms with Gasteiger partial charge in [0.15, 0.2) is 11.5 Å². The lowest BCUT2D eigenvalue weighted by molar-refractivity contribution is 0.459. The molecule has 0 aromatic carbocycles. The van der Waals surface area contributed by atoms with Crippen LogP contribution in [0.5, 0.6) is 11.5 Å². The van der Waals surface area contributed by atoms with Crippen LogP contribution in [0.2, 0.25) is 0 Å². The van der Waals surface area contributed by atoms with Gasteiger partial charge in [-0.3, -0.25) is 0 Å². The fourth-order valence-corrected chi connectivity index (χ4v) is 3.82. The summed E-state index contributed by atoms with van der Waals surface area (Å²) in [4.78, 5) is 0. The molecule has 2 aromatic rings. The van der Waals surface area contributed by atoms with Crippen molar-refractivity contribution in [3.8, 4) is 11.5 Å². The molecule has 2 N–H and O–H groups in total. The van der Waals surface area contributed by atoms with Crippen LogP contribution in [0.25, 0.3) is 0 Å². The largest absolute Gasteiger partial charge is 0.504 e. The zero-order chi connectivity index (χ0) is 11.0. The van der Waals surface area contributed by atoms with Crippen LogP contribution in [0, 0.1) is 13.8 Å². The average Bonchev–Trinajstić information content (AvgIpc) is 2.68. The summed E-state index contributed by atoms with van der Waals surface area (Å²) in [5.41, 5.74) is 1.23. The number of rotatable bonds is 2. The van der Waals surface area contributed by atoms with Crippen molar-refractivity contribution in [3.05, 3.63) is 11.4 Å². The van der Waals surface area contributed by atoms with Crippen molar-refractivity contribution in [1.29, 1.82) is 0 Å². The van der Waals surface area contributed by atoms with E-state index in [1.165, 1.54) is 34.8 Å². The molecule has 80 valence electrons. The molecule has 2 aromatic heterocycles. The number of hydrogen-bond donors (Lipinski definition) is 2. The van der Waals surface area contributed by atoms with Gasteiger partial charge >= 0.3 is 0 Å². The predicted octanol–water partition coefficient (Wildman–Crippen LogP) is 2.78. The lowest BCUT2D eigenvalue weighted by Crippen LogP contribution is -1.69. The molecule has 2 heterocycles. The van der Waals surface area contributed by atoms with E-state index >= 15 is 0 Å². The molecule has 0 aliphatic rings. The highest BCUT2D eigenvalue weighted by atomic mass is 32.2. The highest BCUT2D eigenvalue weighted by molar-refractivity contribution is 8.02. The summed E-state index contributed by atoms with van der Waals surface area (Å²) in [6.07, 6.45) is 0. The van der Waals surface area contributed by atoms with Gasteiger partial charge in [0.2, 0.25) is 0 Å². The van der Waals surface area contributed by atoms with Gasteiger partial charge in [-0.05, 0) is 36.9 Å². The molecule has 0 atom stereocenters. The first-order chi connectivity index (χ1) is 7.09. The van der Waals surface area contributed by atoms with Crippen molar-refractivity contribution in [2.45, 2.75) is 22.3 Å². The Balaban J connectivity index is 2.29. The molecule has 0 radical (unpaired) electrons. The van der Waals surface area contributed by atoms with Crippen LogP contribution < -0.4 is 0 Å². The number of hydrogen-bond acceptors (Lipinski definition) is 7. The second-order valence-corrected chi connectivity index (χ2v) is 5.99. The number of aromatic nitrogens is 2. The maximum Gasteiger partial charge on any atom is 0.163 e. The maximum atomic E-state index is 9.63. The summed E-state index contributed by atoms with van der Waals surface area (Å²) >= 11 is 3.73. The SMILES string of the molecule is Cc1nsc(Sc2snc(C)c2O)c1O. The van der Waals surface area contributed by atoms with Crippen LogP contribution in [0.15, 0.2) is 8.42 Å². The Morgan fingerprint density at radius 2 is 1.33 bits per heavy atom. The molecule has 0 bridgehead atoms. The van der Waals surface area contributed by atoms with Gasteiger partial charge in [0.25, 0.3) is 0 Å². The minimum atomic E-state index is 0.190. The molecule has 0 saturated carbocycles. The van der Waals surface area contributed by atoms with Gasteiger partial charge in [-0.25, -0.2) is 0 Å². The van der Waals surface area contributed by atoms with Crippen molar-refractivity contribution in [1.82, 2.24) is 8.75 Å². The lowest BCUT2D eigenvalue weighted by atomic mass is 10.5. The Morgan fingerprint density at radius 1 is 0.933 bits per heavy atom. The molecule has 0 fully saturated rings. The highest BCUT2D eigenvalue weighted by Crippen LogP contribution is 2.45. The fraction of sp³-hybridized carbons (Fsp3) is 0.250. The molecular weight excluding hydrogens is 252 g/mol. The summed E-state index contributed by atoms with van der Waals surface area (Å²) in [6, 6.07) is 0. The normalized spacial score (nSPS) is 10.8. The van der Waals surface area contributed by atoms with Gasteiger partial charge in [-0.1, -0.05) is 11.8 Å². The van der Waals surface area contributed by atoms with Crippen molar-refractivity contribution in [2.24, 2.45) is 0 Å². The molecule has 0 spiro atoms. The maximum absolute atomic E-state index is 9.63. The van der Waals surface area contributed by atoms with E-state index in [1.807, 2.05) is 0 Å². The van der Waals surface area contributed by atoms with Gasteiger partial charge in [0, 0.05) is 0 Å². The molecule has 0 aliphatic heterocycles. The predicted molar refractivity (Wildman–Crippen MR) is 61.2 cm³/mol. The molecule has 7 heteroatoms. The molecule has 0 unspecified atom stereocenters. The zero-order valence-corrected chi connectivity index (χ0v) is 10.5. The molecule has 0 aliphatic carbocycles. The Morgan fingerprint density at radius 3 is 1.60 bits per heavy atom. The third kappa shape index (κ3) is 1.95. The Kier molecular flexibility index (Phi) is 2.85. The number of aromatic hydroxyl groups is 2. The summed E-state index contributed by atoms with van der Waals surface area (Å²) < 4.78 is 9.42. The third-order valence-corrected chi connectivity index (χ3v) is 4.94. The first-order valence-corrected chi connectivity index (χ1v) is 6.44. The highest BCUT2D eigenvalue weighted by Gasteiger charge is 2.16. The van der Waals surface area contributed by atoms with Gasteiger partial charge in [0.05, 0.1) is 11.4 Å². The van der Waals surface area contributed by atoms with Crippen molar-refractivity contribution < 1.29 is 10.2 Å². The van der Waals surface area contributed by atoms with E-state index in [9.17, 15) is 10.2 Å². The summed E-state index contributed by atoms with van der Waals surface area (Å²) in [7, 11) is 0. The molecule has 4 nitrogen and oxygen atoms in total. The van der Waals surface area contributed by atoms with E-state index in [0.29, 0.717) is 19.8 Å². The first-order valence-electron chi connectivity index (χ1n) is 4.08. The number of aryl methyl sites for hydroxylation is 2. The second kappa shape index (κ2) is 3.99. The zero-order valence-electron chi connectivity index (χ0n) is 8.01. The summed E-state index contributed by atoms with van der Waals surface area (Å²) in [5.74, 6) is 0.380. The average molecular weight is 260 g/mol. The lowest BCUT2D eigenvalue weighted by Gasteiger charge is -1.95. The second-order valence-electron chi connectivity index (χ2n) is 2.91. The van der Waals surface area contributed by atoms with Crippen LogP contribution in [0.1, 0.15) is 11.4 Å². The van der Waals surface area contributed by atoms with Crippen LogP contribution >= 0.6 is 34.8 Å². The molecule has 0 saturated heterocycles. The third-order valence-electron chi connectivity index (χ3n) is 1.79. The monoisotopic (exact) mass is 260 g/mol. The fourth-order valence-electron chi connectivity index (χ4n) is 0.906. The Hall–Kier alpha value is -0.790. The van der Waals surface area contributed by atoms with Crippen LogP contribution in [-0.4, -0.2) is 19.0 Å². The van der Waals surface area contributed by atoms with E-state index in [1.54, 1.807) is 13.8 Å². The van der Waals surface area contributed by atoms with E-state index in [0.717, 1.165) is 0 Å². The smallest absolute Gasteiger partial charge is 0.163 e. The van der Waals surface area contributed by atoms with Crippen LogP contribution in [-0.2, 0) is 0 Å². The Bertz CT molecular complexity index is 448. The standard InChI is InChI=1S/C8H8N2O2S3/c1-3-5(11)7(14-9-3)13-8-6(12)4(2)10-15-8/h11-12H,1-2H3. The topological polar surface area (TPSA) is 66.2 Å². The van der Waals surface area contributed by atoms with Crippen molar-refractivity contribution in [2.75, 3.05) is 0 Å². The first kappa shape index (κ1) is 10.7. The van der Waals surface area contributed by atoms with E-state index < -0.39 is 0 Å². The van der Waals surface area contributed by atoms with Crippen LogP contribution in [0.4, 0.5) is 0 Å². The van der Waals surface area contributed by atoms with Crippen molar-refractivity contribution in [3.63, 3.8) is 0 Å². The van der Waals surface area contributed by atoms with Gasteiger partial charge < -0.3 is 10.2 Å². The van der Waals surface area contributed by atoms with Gasteiger partial charge in [-0.2, -0.15) is 8.75 Å². The molecule has 2 rings (SSSR count).